The molecule has 0 spiro atoms. The number of piperidine rings is 1. The summed E-state index contributed by atoms with van der Waals surface area (Å²) in [4.78, 5) is 13.9. The summed E-state index contributed by atoms with van der Waals surface area (Å²) in [6, 6.07) is 13.4. The molecule has 0 atom stereocenters. The van der Waals surface area contributed by atoms with E-state index < -0.39 is 0 Å². The number of ether oxygens (including phenoxy) is 1. The van der Waals surface area contributed by atoms with Gasteiger partial charge in [-0.1, -0.05) is 23.7 Å². The summed E-state index contributed by atoms with van der Waals surface area (Å²) < 4.78 is 4.74. The number of anilines is 1. The van der Waals surface area contributed by atoms with Gasteiger partial charge in [0.05, 0.1) is 12.7 Å². The summed E-state index contributed by atoms with van der Waals surface area (Å²) in [7, 11) is 1.40. The standard InChI is InChI=1S/C20H23ClN2O2/c1-25-20(24)16-4-2-14(3-5-16)15-8-10-23(11-9-15)13-17-12-18(22)6-7-19(17)21/h2-7,12,15H,8-11,13,22H2,1H3. The molecule has 2 aromatic rings. The molecule has 0 bridgehead atoms. The molecule has 132 valence electrons. The number of benzene rings is 2. The third-order valence-corrected chi connectivity index (χ3v) is 5.22. The zero-order valence-corrected chi connectivity index (χ0v) is 15.1. The minimum atomic E-state index is -0.291. The van der Waals surface area contributed by atoms with Gasteiger partial charge in [0.1, 0.15) is 0 Å². The third kappa shape index (κ3) is 4.33. The smallest absolute Gasteiger partial charge is 0.337 e. The van der Waals surface area contributed by atoms with E-state index in [9.17, 15) is 4.79 Å². The quantitative estimate of drug-likeness (QED) is 0.660. The van der Waals surface area contributed by atoms with Crippen LogP contribution in [0.3, 0.4) is 0 Å². The molecule has 0 unspecified atom stereocenters. The molecule has 1 fully saturated rings. The number of likely N-dealkylation sites (tertiary alicyclic amines) is 1. The van der Waals surface area contributed by atoms with Crippen LogP contribution in [0.25, 0.3) is 0 Å². The van der Waals surface area contributed by atoms with E-state index in [1.807, 2.05) is 42.5 Å². The van der Waals surface area contributed by atoms with Crippen LogP contribution in [0.2, 0.25) is 5.02 Å². The Morgan fingerprint density at radius 2 is 1.88 bits per heavy atom. The van der Waals surface area contributed by atoms with E-state index in [0.29, 0.717) is 11.5 Å². The van der Waals surface area contributed by atoms with E-state index in [-0.39, 0.29) is 5.97 Å². The highest BCUT2D eigenvalue weighted by Crippen LogP contribution is 2.30. The average Bonchev–Trinajstić information content (AvgIpc) is 2.65. The highest BCUT2D eigenvalue weighted by atomic mass is 35.5. The van der Waals surface area contributed by atoms with Crippen molar-refractivity contribution in [3.8, 4) is 0 Å². The summed E-state index contributed by atoms with van der Waals surface area (Å²) in [6.07, 6.45) is 2.19. The molecule has 2 N–H and O–H groups in total. The normalized spacial score (nSPS) is 15.9. The number of nitrogen functional groups attached to an aromatic ring is 1. The first-order valence-electron chi connectivity index (χ1n) is 8.51. The van der Waals surface area contributed by atoms with E-state index in [2.05, 4.69) is 4.90 Å². The number of halogens is 1. The van der Waals surface area contributed by atoms with Gasteiger partial charge in [-0.05, 0) is 73.3 Å². The maximum absolute atomic E-state index is 11.5. The maximum Gasteiger partial charge on any atom is 0.337 e. The van der Waals surface area contributed by atoms with Crippen LogP contribution in [0.1, 0.15) is 40.2 Å². The molecule has 0 radical (unpaired) electrons. The highest BCUT2D eigenvalue weighted by molar-refractivity contribution is 6.31. The molecule has 1 heterocycles. The second kappa shape index (κ2) is 7.89. The largest absolute Gasteiger partial charge is 0.465 e. The molecule has 3 rings (SSSR count). The number of hydrogen-bond donors (Lipinski definition) is 1. The summed E-state index contributed by atoms with van der Waals surface area (Å²) in [5, 5.41) is 0.773. The number of rotatable bonds is 4. The van der Waals surface area contributed by atoms with Crippen LogP contribution in [0.4, 0.5) is 5.69 Å². The Balaban J connectivity index is 1.58. The van der Waals surface area contributed by atoms with E-state index in [0.717, 1.165) is 48.7 Å². The molecule has 0 amide bonds. The third-order valence-electron chi connectivity index (χ3n) is 4.85. The van der Waals surface area contributed by atoms with Crippen molar-refractivity contribution in [3.63, 3.8) is 0 Å². The van der Waals surface area contributed by atoms with Crippen molar-refractivity contribution in [2.45, 2.75) is 25.3 Å². The Bertz CT molecular complexity index is 738. The van der Waals surface area contributed by atoms with Crippen molar-refractivity contribution in [2.75, 3.05) is 25.9 Å². The predicted molar refractivity (Wildman–Crippen MR) is 101 cm³/mol. The van der Waals surface area contributed by atoms with Gasteiger partial charge >= 0.3 is 5.97 Å². The van der Waals surface area contributed by atoms with Gasteiger partial charge in [0.2, 0.25) is 0 Å². The van der Waals surface area contributed by atoms with Crippen LogP contribution in [0, 0.1) is 0 Å². The topological polar surface area (TPSA) is 55.6 Å². The van der Waals surface area contributed by atoms with Crippen LogP contribution < -0.4 is 5.73 Å². The number of carbonyl (C=O) groups excluding carboxylic acids is 1. The van der Waals surface area contributed by atoms with Crippen molar-refractivity contribution in [1.82, 2.24) is 4.90 Å². The van der Waals surface area contributed by atoms with E-state index in [4.69, 9.17) is 22.1 Å². The zero-order chi connectivity index (χ0) is 17.8. The molecule has 5 heteroatoms. The monoisotopic (exact) mass is 358 g/mol. The Hall–Kier alpha value is -2.04. The lowest BCUT2D eigenvalue weighted by atomic mass is 9.89. The molecule has 0 saturated carbocycles. The molecular weight excluding hydrogens is 336 g/mol. The van der Waals surface area contributed by atoms with Gasteiger partial charge in [-0.3, -0.25) is 4.90 Å². The summed E-state index contributed by atoms with van der Waals surface area (Å²) >= 11 is 6.27. The lowest BCUT2D eigenvalue weighted by Crippen LogP contribution is -2.32. The number of methoxy groups -OCH3 is 1. The maximum atomic E-state index is 11.5. The van der Waals surface area contributed by atoms with Crippen molar-refractivity contribution >= 4 is 23.3 Å². The van der Waals surface area contributed by atoms with Gasteiger partial charge in [0, 0.05) is 17.3 Å². The fraction of sp³-hybridized carbons (Fsp3) is 0.350. The fourth-order valence-electron chi connectivity index (χ4n) is 3.39. The van der Waals surface area contributed by atoms with Gasteiger partial charge in [-0.15, -0.1) is 0 Å². The number of carbonyl (C=O) groups is 1. The van der Waals surface area contributed by atoms with Crippen LogP contribution in [-0.2, 0) is 11.3 Å². The first kappa shape index (κ1) is 17.8. The van der Waals surface area contributed by atoms with E-state index in [1.54, 1.807) is 0 Å². The Kier molecular flexibility index (Phi) is 5.61. The molecule has 1 aliphatic heterocycles. The van der Waals surface area contributed by atoms with Gasteiger partial charge in [0.15, 0.2) is 0 Å². The van der Waals surface area contributed by atoms with Gasteiger partial charge in [-0.25, -0.2) is 4.79 Å². The van der Waals surface area contributed by atoms with E-state index >= 15 is 0 Å². The number of esters is 1. The summed E-state index contributed by atoms with van der Waals surface area (Å²) in [6.45, 7) is 2.88. The SMILES string of the molecule is COC(=O)c1ccc(C2CCN(Cc3cc(N)ccc3Cl)CC2)cc1. The molecule has 1 saturated heterocycles. The van der Waals surface area contributed by atoms with Crippen molar-refractivity contribution < 1.29 is 9.53 Å². The van der Waals surface area contributed by atoms with Gasteiger partial charge < -0.3 is 10.5 Å². The van der Waals surface area contributed by atoms with Gasteiger partial charge in [-0.2, -0.15) is 0 Å². The molecule has 25 heavy (non-hydrogen) atoms. The lowest BCUT2D eigenvalue weighted by molar-refractivity contribution is 0.0600. The second-order valence-electron chi connectivity index (χ2n) is 6.51. The van der Waals surface area contributed by atoms with Crippen LogP contribution in [0.5, 0.6) is 0 Å². The predicted octanol–water partition coefficient (Wildman–Crippen LogP) is 4.09. The first-order valence-corrected chi connectivity index (χ1v) is 8.89. The van der Waals surface area contributed by atoms with Crippen molar-refractivity contribution in [1.29, 1.82) is 0 Å². The van der Waals surface area contributed by atoms with Crippen LogP contribution in [0.15, 0.2) is 42.5 Å². The molecular formula is C20H23ClN2O2. The van der Waals surface area contributed by atoms with Crippen molar-refractivity contribution in [3.05, 3.63) is 64.2 Å². The van der Waals surface area contributed by atoms with Crippen molar-refractivity contribution in [2.24, 2.45) is 0 Å². The Labute approximate surface area is 153 Å². The fourth-order valence-corrected chi connectivity index (χ4v) is 3.57. The van der Waals surface area contributed by atoms with E-state index in [1.165, 1.54) is 12.7 Å². The Morgan fingerprint density at radius 3 is 2.52 bits per heavy atom. The average molecular weight is 359 g/mol. The molecule has 0 aromatic heterocycles. The molecule has 1 aliphatic rings. The summed E-state index contributed by atoms with van der Waals surface area (Å²) in [5.41, 5.74) is 9.58. The number of hydrogen-bond acceptors (Lipinski definition) is 4. The highest BCUT2D eigenvalue weighted by Gasteiger charge is 2.21. The van der Waals surface area contributed by atoms with Crippen LogP contribution >= 0.6 is 11.6 Å². The Morgan fingerprint density at radius 1 is 1.20 bits per heavy atom. The number of nitrogens with two attached hydrogens (primary N) is 1. The first-order chi connectivity index (χ1) is 12.1. The van der Waals surface area contributed by atoms with Crippen LogP contribution in [-0.4, -0.2) is 31.1 Å². The lowest BCUT2D eigenvalue weighted by Gasteiger charge is -2.32. The molecule has 0 aliphatic carbocycles. The zero-order valence-electron chi connectivity index (χ0n) is 14.4. The minimum Gasteiger partial charge on any atom is -0.465 e. The number of nitrogens with zero attached hydrogens (tertiary/aromatic N) is 1. The summed E-state index contributed by atoms with van der Waals surface area (Å²) in [5.74, 6) is 0.236. The second-order valence-corrected chi connectivity index (χ2v) is 6.92. The molecule has 4 nitrogen and oxygen atoms in total. The molecule has 2 aromatic carbocycles. The van der Waals surface area contributed by atoms with Gasteiger partial charge in [0.25, 0.3) is 0 Å². The minimum absolute atomic E-state index is 0.291.